The lowest BCUT2D eigenvalue weighted by atomic mass is 10.2. The highest BCUT2D eigenvalue weighted by Crippen LogP contribution is 2.16. The van der Waals surface area contributed by atoms with Gasteiger partial charge in [-0.2, -0.15) is 0 Å². The molecular weight excluding hydrogens is 280 g/mol. The van der Waals surface area contributed by atoms with Crippen molar-refractivity contribution in [2.75, 3.05) is 6.61 Å². The molecule has 2 nitrogen and oxygen atoms in total. The van der Waals surface area contributed by atoms with Gasteiger partial charge in [-0.15, -0.1) is 11.3 Å². The Morgan fingerprint density at radius 1 is 1.26 bits per heavy atom. The van der Waals surface area contributed by atoms with E-state index >= 15 is 0 Å². The predicted octanol–water partition coefficient (Wildman–Crippen LogP) is 3.46. The minimum absolute atomic E-state index is 0.115. The summed E-state index contributed by atoms with van der Waals surface area (Å²) < 4.78 is 5.63. The molecule has 0 aliphatic heterocycles. The summed E-state index contributed by atoms with van der Waals surface area (Å²) in [5, 5.41) is 11.3. The van der Waals surface area contributed by atoms with E-state index in [2.05, 4.69) is 11.8 Å². The summed E-state index contributed by atoms with van der Waals surface area (Å²) in [6, 6.07) is 9.61. The molecule has 2 aromatic rings. The normalized spacial score (nSPS) is 10.0. The molecule has 19 heavy (non-hydrogen) atoms. The van der Waals surface area contributed by atoms with Gasteiger partial charge in [0, 0.05) is 20.8 Å². The van der Waals surface area contributed by atoms with Crippen LogP contribution in [0, 0.1) is 11.8 Å². The van der Waals surface area contributed by atoms with Crippen LogP contribution in [0.2, 0.25) is 5.02 Å². The molecule has 0 unspecified atom stereocenters. The lowest BCUT2D eigenvalue weighted by Gasteiger charge is -2.03. The van der Waals surface area contributed by atoms with Gasteiger partial charge >= 0.3 is 0 Å². The first-order valence-electron chi connectivity index (χ1n) is 5.77. The van der Waals surface area contributed by atoms with Crippen molar-refractivity contribution in [1.82, 2.24) is 0 Å². The van der Waals surface area contributed by atoms with Gasteiger partial charge in [-0.3, -0.25) is 0 Å². The van der Waals surface area contributed by atoms with Crippen molar-refractivity contribution in [3.05, 3.63) is 56.7 Å². The number of rotatable bonds is 4. The summed E-state index contributed by atoms with van der Waals surface area (Å²) in [6.07, 6.45) is 0. The molecule has 1 aromatic carbocycles. The van der Waals surface area contributed by atoms with Crippen LogP contribution < -0.4 is 0 Å². The van der Waals surface area contributed by atoms with Crippen molar-refractivity contribution in [2.45, 2.75) is 13.2 Å². The third kappa shape index (κ3) is 4.70. The smallest absolute Gasteiger partial charge is 0.104 e. The van der Waals surface area contributed by atoms with E-state index < -0.39 is 0 Å². The average molecular weight is 293 g/mol. The van der Waals surface area contributed by atoms with Crippen LogP contribution in [-0.4, -0.2) is 11.7 Å². The van der Waals surface area contributed by atoms with Crippen LogP contribution in [0.4, 0.5) is 0 Å². The summed E-state index contributed by atoms with van der Waals surface area (Å²) in [7, 11) is 0. The fourth-order valence-electron chi connectivity index (χ4n) is 1.56. The van der Waals surface area contributed by atoms with E-state index in [4.69, 9.17) is 21.4 Å². The maximum Gasteiger partial charge on any atom is 0.104 e. The predicted molar refractivity (Wildman–Crippen MR) is 78.2 cm³/mol. The highest BCUT2D eigenvalue weighted by atomic mass is 35.5. The SMILES string of the molecule is OCC#Cc1csc(COCc2cccc(Cl)c2)c1. The van der Waals surface area contributed by atoms with Gasteiger partial charge in [-0.05, 0) is 23.8 Å². The van der Waals surface area contributed by atoms with Crippen molar-refractivity contribution < 1.29 is 9.84 Å². The molecule has 1 N–H and O–H groups in total. The second-order valence-corrected chi connectivity index (χ2v) is 5.32. The van der Waals surface area contributed by atoms with Crippen molar-refractivity contribution in [3.8, 4) is 11.8 Å². The zero-order chi connectivity index (χ0) is 13.5. The molecule has 0 radical (unpaired) electrons. The topological polar surface area (TPSA) is 29.5 Å². The van der Waals surface area contributed by atoms with Crippen molar-refractivity contribution in [1.29, 1.82) is 0 Å². The first-order chi connectivity index (χ1) is 9.28. The Hall–Kier alpha value is -1.31. The summed E-state index contributed by atoms with van der Waals surface area (Å²) in [5.41, 5.74) is 1.98. The van der Waals surface area contributed by atoms with E-state index in [1.54, 1.807) is 11.3 Å². The highest BCUT2D eigenvalue weighted by Gasteiger charge is 1.99. The van der Waals surface area contributed by atoms with Crippen LogP contribution in [0.25, 0.3) is 0 Å². The highest BCUT2D eigenvalue weighted by molar-refractivity contribution is 7.10. The van der Waals surface area contributed by atoms with E-state index in [-0.39, 0.29) is 6.61 Å². The number of benzene rings is 1. The maximum absolute atomic E-state index is 8.62. The third-order valence-corrected chi connectivity index (χ3v) is 3.51. The molecule has 4 heteroatoms. The fourth-order valence-corrected chi connectivity index (χ4v) is 2.52. The van der Waals surface area contributed by atoms with Gasteiger partial charge in [0.15, 0.2) is 0 Å². The average Bonchev–Trinajstić information content (AvgIpc) is 2.84. The van der Waals surface area contributed by atoms with Crippen molar-refractivity contribution >= 4 is 22.9 Å². The maximum atomic E-state index is 8.62. The number of hydrogen-bond acceptors (Lipinski definition) is 3. The summed E-state index contributed by atoms with van der Waals surface area (Å²) in [4.78, 5) is 1.12. The molecular formula is C15H13ClO2S. The lowest BCUT2D eigenvalue weighted by molar-refractivity contribution is 0.109. The Morgan fingerprint density at radius 2 is 2.16 bits per heavy atom. The molecule has 0 aliphatic carbocycles. The Balaban J connectivity index is 1.84. The molecule has 2 rings (SSSR count). The van der Waals surface area contributed by atoms with Gasteiger partial charge in [0.2, 0.25) is 0 Å². The molecule has 0 spiro atoms. The Bertz CT molecular complexity index is 595. The van der Waals surface area contributed by atoms with Crippen LogP contribution in [0.1, 0.15) is 16.0 Å². The molecule has 0 saturated carbocycles. The summed E-state index contributed by atoms with van der Waals surface area (Å²) in [5.74, 6) is 5.49. The summed E-state index contributed by atoms with van der Waals surface area (Å²) >= 11 is 7.51. The minimum Gasteiger partial charge on any atom is -0.384 e. The molecule has 0 atom stereocenters. The van der Waals surface area contributed by atoms with Crippen LogP contribution in [0.15, 0.2) is 35.7 Å². The number of ether oxygens (including phenoxy) is 1. The Morgan fingerprint density at radius 3 is 2.95 bits per heavy atom. The lowest BCUT2D eigenvalue weighted by Crippen LogP contribution is -1.92. The van der Waals surface area contributed by atoms with E-state index in [9.17, 15) is 0 Å². The first-order valence-corrected chi connectivity index (χ1v) is 7.03. The quantitative estimate of drug-likeness (QED) is 0.875. The van der Waals surface area contributed by atoms with Gasteiger partial charge in [0.1, 0.15) is 6.61 Å². The molecule has 0 aliphatic rings. The first kappa shape index (κ1) is 14.1. The molecule has 1 heterocycles. The van der Waals surface area contributed by atoms with Crippen molar-refractivity contribution in [3.63, 3.8) is 0 Å². The molecule has 0 amide bonds. The monoisotopic (exact) mass is 292 g/mol. The fraction of sp³-hybridized carbons (Fsp3) is 0.200. The van der Waals surface area contributed by atoms with E-state index in [1.165, 1.54) is 0 Å². The number of thiophene rings is 1. The second kappa shape index (κ2) is 7.32. The molecule has 98 valence electrons. The molecule has 0 saturated heterocycles. The van der Waals surface area contributed by atoms with Crippen LogP contribution in [-0.2, 0) is 18.0 Å². The Kier molecular flexibility index (Phi) is 5.44. The third-order valence-electron chi connectivity index (χ3n) is 2.37. The van der Waals surface area contributed by atoms with Crippen molar-refractivity contribution in [2.24, 2.45) is 0 Å². The number of aliphatic hydroxyl groups excluding tert-OH is 1. The van der Waals surface area contributed by atoms with E-state index in [1.807, 2.05) is 35.7 Å². The van der Waals surface area contributed by atoms with Gasteiger partial charge < -0.3 is 9.84 Å². The standard InChI is InChI=1S/C15H13ClO2S/c16-14-5-1-3-12(7-14)9-18-10-15-8-13(11-19-15)4-2-6-17/h1,3,5,7-8,11,17H,6,9-10H2. The minimum atomic E-state index is -0.115. The van der Waals surface area contributed by atoms with Crippen LogP contribution in [0.5, 0.6) is 0 Å². The second-order valence-electron chi connectivity index (χ2n) is 3.88. The van der Waals surface area contributed by atoms with Gasteiger partial charge in [0.25, 0.3) is 0 Å². The van der Waals surface area contributed by atoms with Crippen LogP contribution >= 0.6 is 22.9 Å². The van der Waals surface area contributed by atoms with E-state index in [0.717, 1.165) is 21.0 Å². The zero-order valence-electron chi connectivity index (χ0n) is 10.2. The zero-order valence-corrected chi connectivity index (χ0v) is 11.8. The van der Waals surface area contributed by atoms with Gasteiger partial charge in [-0.1, -0.05) is 35.6 Å². The number of aliphatic hydroxyl groups is 1. The van der Waals surface area contributed by atoms with E-state index in [0.29, 0.717) is 13.2 Å². The Labute approximate surface area is 121 Å². The molecule has 1 aromatic heterocycles. The van der Waals surface area contributed by atoms with Gasteiger partial charge in [-0.25, -0.2) is 0 Å². The van der Waals surface area contributed by atoms with Gasteiger partial charge in [0.05, 0.1) is 13.2 Å². The molecule has 0 bridgehead atoms. The largest absolute Gasteiger partial charge is 0.384 e. The number of hydrogen-bond donors (Lipinski definition) is 1. The van der Waals surface area contributed by atoms with Crippen LogP contribution in [0.3, 0.4) is 0 Å². The number of halogens is 1. The molecule has 0 fully saturated rings. The summed E-state index contributed by atoms with van der Waals surface area (Å²) in [6.45, 7) is 0.977.